The second-order valence-electron chi connectivity index (χ2n) is 7.70. The Morgan fingerprint density at radius 1 is 0.629 bits per heavy atom. The lowest BCUT2D eigenvalue weighted by molar-refractivity contribution is -0.188. The van der Waals surface area contributed by atoms with E-state index in [1.807, 2.05) is 0 Å². The minimum Gasteiger partial charge on any atom is -0.393 e. The molecule has 182 valence electrons. The molecule has 3 unspecified atom stereocenters. The Kier molecular flexibility index (Phi) is 8.72. The molecule has 0 heterocycles. The molecule has 0 aliphatic carbocycles. The van der Waals surface area contributed by atoms with Gasteiger partial charge in [0.25, 0.3) is 0 Å². The molecule has 0 saturated carbocycles. The minimum atomic E-state index is -3.82. The number of hydrogen-bond donors (Lipinski definition) is 4. The predicted molar refractivity (Wildman–Crippen MR) is 131 cm³/mol. The maximum atomic E-state index is 13.6. The van der Waals surface area contributed by atoms with Crippen LogP contribution in [0, 0.1) is 0 Å². The molecule has 0 fully saturated rings. The number of aliphatic hydroxyl groups is 4. The van der Waals surface area contributed by atoms with E-state index in [1.165, 1.54) is 78.9 Å². The third-order valence-electron chi connectivity index (χ3n) is 5.71. The van der Waals surface area contributed by atoms with Crippen LogP contribution in [0.5, 0.6) is 0 Å². The standard InChI is InChI=1S/C26H22O8.BrH/c27-16-24(32,21(29)18-10-4-1-5-11-18)26(34,23(31)20-14-8-3-9-15-20)25(33,17-28)22(30)19-12-6-2-7-13-19;/h1-16,28,32-34H,17H2;1H. The first kappa shape index (κ1) is 27.9. The average molecular weight is 543 g/mol. The van der Waals surface area contributed by atoms with Crippen molar-refractivity contribution in [1.29, 1.82) is 0 Å². The second-order valence-corrected chi connectivity index (χ2v) is 7.70. The molecule has 3 aromatic rings. The summed E-state index contributed by atoms with van der Waals surface area (Å²) in [5, 5.41) is 44.6. The fourth-order valence-electron chi connectivity index (χ4n) is 3.77. The van der Waals surface area contributed by atoms with E-state index in [4.69, 9.17) is 0 Å². The topological polar surface area (TPSA) is 149 Å². The van der Waals surface area contributed by atoms with E-state index in [2.05, 4.69) is 0 Å². The van der Waals surface area contributed by atoms with Crippen LogP contribution in [-0.2, 0) is 4.79 Å². The Bertz CT molecular complexity index is 1200. The number of Topliss-reactive ketones (excluding diaryl/α,β-unsaturated/α-hetero) is 3. The van der Waals surface area contributed by atoms with Gasteiger partial charge in [0.1, 0.15) is 0 Å². The van der Waals surface area contributed by atoms with Gasteiger partial charge in [0.2, 0.25) is 22.8 Å². The van der Waals surface area contributed by atoms with Crippen molar-refractivity contribution in [1.82, 2.24) is 0 Å². The van der Waals surface area contributed by atoms with Crippen molar-refractivity contribution >= 4 is 40.6 Å². The normalized spacial score (nSPS) is 15.9. The first-order valence-electron chi connectivity index (χ1n) is 10.2. The first-order chi connectivity index (χ1) is 16.2. The van der Waals surface area contributed by atoms with Crippen LogP contribution in [0.25, 0.3) is 0 Å². The largest absolute Gasteiger partial charge is 0.393 e. The number of halogens is 1. The third kappa shape index (κ3) is 4.52. The molecule has 3 aromatic carbocycles. The Balaban J connectivity index is 0.00000432. The van der Waals surface area contributed by atoms with Gasteiger partial charge in [-0.3, -0.25) is 19.2 Å². The fraction of sp³-hybridized carbons (Fsp3) is 0.154. The molecule has 0 spiro atoms. The molecular weight excluding hydrogens is 520 g/mol. The van der Waals surface area contributed by atoms with Crippen molar-refractivity contribution in [2.24, 2.45) is 0 Å². The lowest BCUT2D eigenvalue weighted by Gasteiger charge is -2.46. The zero-order valence-electron chi connectivity index (χ0n) is 18.3. The summed E-state index contributed by atoms with van der Waals surface area (Å²) < 4.78 is 0. The number of aliphatic hydroxyl groups excluding tert-OH is 1. The molecule has 0 aromatic heterocycles. The Hall–Kier alpha value is -3.34. The van der Waals surface area contributed by atoms with E-state index in [9.17, 15) is 39.6 Å². The lowest BCUT2D eigenvalue weighted by atomic mass is 9.63. The number of rotatable bonds is 10. The molecule has 8 nitrogen and oxygen atoms in total. The van der Waals surface area contributed by atoms with Gasteiger partial charge < -0.3 is 20.4 Å². The molecule has 0 aliphatic heterocycles. The SMILES string of the molecule is Br.O=CC(O)(C(=O)c1ccccc1)C(O)(C(=O)c1ccccc1)C(O)(CO)C(=O)c1ccccc1. The van der Waals surface area contributed by atoms with Crippen LogP contribution < -0.4 is 0 Å². The van der Waals surface area contributed by atoms with Gasteiger partial charge in [-0.25, -0.2) is 0 Å². The van der Waals surface area contributed by atoms with Crippen molar-refractivity contribution in [3.05, 3.63) is 108 Å². The van der Waals surface area contributed by atoms with Crippen LogP contribution in [0.1, 0.15) is 31.1 Å². The van der Waals surface area contributed by atoms with E-state index in [0.717, 1.165) is 0 Å². The van der Waals surface area contributed by atoms with Crippen molar-refractivity contribution in [3.63, 3.8) is 0 Å². The summed E-state index contributed by atoms with van der Waals surface area (Å²) in [7, 11) is 0. The maximum absolute atomic E-state index is 13.6. The van der Waals surface area contributed by atoms with E-state index in [-0.39, 0.29) is 33.7 Å². The molecule has 0 amide bonds. The summed E-state index contributed by atoms with van der Waals surface area (Å²) >= 11 is 0. The smallest absolute Gasteiger partial charge is 0.222 e. The first-order valence-corrected chi connectivity index (χ1v) is 10.2. The zero-order valence-corrected chi connectivity index (χ0v) is 20.0. The van der Waals surface area contributed by atoms with Gasteiger partial charge in [0, 0.05) is 16.7 Å². The Morgan fingerprint density at radius 2 is 0.971 bits per heavy atom. The Morgan fingerprint density at radius 3 is 1.31 bits per heavy atom. The van der Waals surface area contributed by atoms with Gasteiger partial charge >= 0.3 is 0 Å². The highest BCUT2D eigenvalue weighted by Gasteiger charge is 2.72. The number of ketones is 3. The van der Waals surface area contributed by atoms with Gasteiger partial charge in [-0.15, -0.1) is 17.0 Å². The molecular formula is C26H23BrO8. The molecule has 0 bridgehead atoms. The summed E-state index contributed by atoms with van der Waals surface area (Å²) in [6.07, 6.45) is -0.415. The summed E-state index contributed by atoms with van der Waals surface area (Å²) in [6.45, 7) is -1.60. The second kappa shape index (κ2) is 10.9. The summed E-state index contributed by atoms with van der Waals surface area (Å²) in [4.78, 5) is 52.5. The Labute approximate surface area is 211 Å². The molecule has 3 atom stereocenters. The third-order valence-corrected chi connectivity index (χ3v) is 5.71. The van der Waals surface area contributed by atoms with Gasteiger partial charge in [-0.1, -0.05) is 91.0 Å². The van der Waals surface area contributed by atoms with Crippen LogP contribution in [0.15, 0.2) is 91.0 Å². The highest BCUT2D eigenvalue weighted by Crippen LogP contribution is 2.39. The van der Waals surface area contributed by atoms with E-state index >= 15 is 0 Å². The highest BCUT2D eigenvalue weighted by atomic mass is 79.9. The van der Waals surface area contributed by atoms with Crippen molar-refractivity contribution in [2.45, 2.75) is 16.8 Å². The van der Waals surface area contributed by atoms with E-state index < -0.39 is 47.0 Å². The van der Waals surface area contributed by atoms with Gasteiger partial charge in [-0.2, -0.15) is 0 Å². The molecule has 3 rings (SSSR count). The van der Waals surface area contributed by atoms with Crippen LogP contribution >= 0.6 is 17.0 Å². The van der Waals surface area contributed by atoms with E-state index in [0.29, 0.717) is 0 Å². The number of carbonyl (C=O) groups excluding carboxylic acids is 4. The number of hydrogen-bond acceptors (Lipinski definition) is 8. The summed E-state index contributed by atoms with van der Waals surface area (Å²) in [5.74, 6) is -4.36. The zero-order chi connectivity index (χ0) is 25.0. The monoisotopic (exact) mass is 542 g/mol. The van der Waals surface area contributed by atoms with Gasteiger partial charge in [-0.05, 0) is 0 Å². The lowest BCUT2D eigenvalue weighted by Crippen LogP contribution is -2.78. The number of aldehydes is 1. The molecule has 9 heteroatoms. The molecule has 35 heavy (non-hydrogen) atoms. The maximum Gasteiger partial charge on any atom is 0.222 e. The van der Waals surface area contributed by atoms with E-state index in [1.54, 1.807) is 12.1 Å². The quantitative estimate of drug-likeness (QED) is 0.171. The predicted octanol–water partition coefficient (Wildman–Crippen LogP) is 1.60. The fourth-order valence-corrected chi connectivity index (χ4v) is 3.77. The van der Waals surface area contributed by atoms with Crippen LogP contribution in [-0.4, -0.2) is 67.5 Å². The highest BCUT2D eigenvalue weighted by molar-refractivity contribution is 8.93. The minimum absolute atomic E-state index is 0. The van der Waals surface area contributed by atoms with Crippen LogP contribution in [0.2, 0.25) is 0 Å². The van der Waals surface area contributed by atoms with Crippen molar-refractivity contribution in [3.8, 4) is 0 Å². The summed E-state index contributed by atoms with van der Waals surface area (Å²) in [5.41, 5.74) is -11.9. The van der Waals surface area contributed by atoms with Crippen molar-refractivity contribution in [2.75, 3.05) is 6.61 Å². The molecule has 0 saturated heterocycles. The van der Waals surface area contributed by atoms with Gasteiger partial charge in [0.05, 0.1) is 6.61 Å². The van der Waals surface area contributed by atoms with Crippen LogP contribution in [0.4, 0.5) is 0 Å². The molecule has 0 aliphatic rings. The van der Waals surface area contributed by atoms with Gasteiger partial charge in [0.15, 0.2) is 17.7 Å². The molecule has 0 radical (unpaired) electrons. The van der Waals surface area contributed by atoms with Crippen LogP contribution in [0.3, 0.4) is 0 Å². The average Bonchev–Trinajstić information content (AvgIpc) is 2.91. The molecule has 4 N–H and O–H groups in total. The summed E-state index contributed by atoms with van der Waals surface area (Å²) in [6, 6.07) is 20.3. The van der Waals surface area contributed by atoms with Crippen molar-refractivity contribution < 1.29 is 39.6 Å². The number of carbonyl (C=O) groups is 4. The number of benzene rings is 3.